The van der Waals surface area contributed by atoms with E-state index in [1.807, 2.05) is 13.1 Å². The standard InChI is InChI=1S/C12H19N/c1-5-8-12(3,4)11-7-6-10(2)13-9-11/h6-7,9H,5,8H2,1-4H3. The van der Waals surface area contributed by atoms with Crippen molar-refractivity contribution in [1.29, 1.82) is 0 Å². The summed E-state index contributed by atoms with van der Waals surface area (Å²) >= 11 is 0. The third kappa shape index (κ3) is 2.55. The molecule has 1 aromatic rings. The largest absolute Gasteiger partial charge is 0.261 e. The first kappa shape index (κ1) is 10.2. The van der Waals surface area contributed by atoms with Gasteiger partial charge in [0, 0.05) is 11.9 Å². The molecular weight excluding hydrogens is 158 g/mol. The maximum absolute atomic E-state index is 4.33. The number of nitrogens with zero attached hydrogens (tertiary/aromatic N) is 1. The monoisotopic (exact) mass is 177 g/mol. The highest BCUT2D eigenvalue weighted by Crippen LogP contribution is 2.27. The maximum Gasteiger partial charge on any atom is 0.0372 e. The molecule has 0 aromatic carbocycles. The van der Waals surface area contributed by atoms with Gasteiger partial charge >= 0.3 is 0 Å². The summed E-state index contributed by atoms with van der Waals surface area (Å²) in [7, 11) is 0. The Kier molecular flexibility index (Phi) is 3.07. The topological polar surface area (TPSA) is 12.9 Å². The Morgan fingerprint density at radius 2 is 2.00 bits per heavy atom. The van der Waals surface area contributed by atoms with Crippen LogP contribution in [0.2, 0.25) is 0 Å². The Bertz CT molecular complexity index is 259. The molecule has 0 aliphatic rings. The molecule has 0 spiro atoms. The molecule has 0 saturated heterocycles. The van der Waals surface area contributed by atoms with Crippen molar-refractivity contribution in [2.75, 3.05) is 0 Å². The van der Waals surface area contributed by atoms with Crippen LogP contribution in [-0.4, -0.2) is 4.98 Å². The fourth-order valence-corrected chi connectivity index (χ4v) is 1.64. The molecule has 1 aromatic heterocycles. The number of aromatic nitrogens is 1. The molecule has 0 N–H and O–H groups in total. The van der Waals surface area contributed by atoms with Gasteiger partial charge in [-0.3, -0.25) is 4.98 Å². The second-order valence-electron chi connectivity index (χ2n) is 4.32. The highest BCUT2D eigenvalue weighted by Gasteiger charge is 2.18. The Balaban J connectivity index is 2.87. The lowest BCUT2D eigenvalue weighted by atomic mass is 9.81. The second-order valence-corrected chi connectivity index (χ2v) is 4.32. The third-order valence-electron chi connectivity index (χ3n) is 2.57. The first-order valence-electron chi connectivity index (χ1n) is 4.99. The predicted molar refractivity (Wildman–Crippen MR) is 56.9 cm³/mol. The SMILES string of the molecule is CCCC(C)(C)c1ccc(C)nc1. The third-order valence-corrected chi connectivity index (χ3v) is 2.57. The van der Waals surface area contributed by atoms with E-state index in [9.17, 15) is 0 Å². The molecule has 0 aliphatic carbocycles. The van der Waals surface area contributed by atoms with E-state index in [1.165, 1.54) is 18.4 Å². The lowest BCUT2D eigenvalue weighted by Crippen LogP contribution is -2.16. The van der Waals surface area contributed by atoms with E-state index >= 15 is 0 Å². The van der Waals surface area contributed by atoms with E-state index in [0.717, 1.165) is 5.69 Å². The average Bonchev–Trinajstić information content (AvgIpc) is 2.05. The van der Waals surface area contributed by atoms with Crippen molar-refractivity contribution in [2.45, 2.75) is 46.0 Å². The number of hydrogen-bond donors (Lipinski definition) is 0. The van der Waals surface area contributed by atoms with Gasteiger partial charge in [0.25, 0.3) is 0 Å². The molecule has 0 amide bonds. The van der Waals surface area contributed by atoms with Crippen molar-refractivity contribution in [2.24, 2.45) is 0 Å². The molecular formula is C12H19N. The zero-order valence-electron chi connectivity index (χ0n) is 9.09. The van der Waals surface area contributed by atoms with Crippen LogP contribution in [0.25, 0.3) is 0 Å². The summed E-state index contributed by atoms with van der Waals surface area (Å²) in [5, 5.41) is 0. The van der Waals surface area contributed by atoms with E-state index in [1.54, 1.807) is 0 Å². The smallest absolute Gasteiger partial charge is 0.0372 e. The minimum absolute atomic E-state index is 0.273. The summed E-state index contributed by atoms with van der Waals surface area (Å²) in [6, 6.07) is 4.28. The van der Waals surface area contributed by atoms with Crippen molar-refractivity contribution < 1.29 is 0 Å². The number of rotatable bonds is 3. The van der Waals surface area contributed by atoms with Gasteiger partial charge in [-0.15, -0.1) is 0 Å². The molecule has 72 valence electrons. The van der Waals surface area contributed by atoms with Crippen LogP contribution >= 0.6 is 0 Å². The van der Waals surface area contributed by atoms with Gasteiger partial charge in [0.05, 0.1) is 0 Å². The number of aryl methyl sites for hydroxylation is 1. The lowest BCUT2D eigenvalue weighted by molar-refractivity contribution is 0.471. The van der Waals surface area contributed by atoms with Gasteiger partial charge in [0.2, 0.25) is 0 Å². The van der Waals surface area contributed by atoms with Gasteiger partial charge in [0.1, 0.15) is 0 Å². The zero-order valence-corrected chi connectivity index (χ0v) is 9.09. The first-order valence-corrected chi connectivity index (χ1v) is 4.99. The fourth-order valence-electron chi connectivity index (χ4n) is 1.64. The molecule has 1 heterocycles. The predicted octanol–water partition coefficient (Wildman–Crippen LogP) is 3.47. The summed E-state index contributed by atoms with van der Waals surface area (Å²) in [5.41, 5.74) is 2.71. The van der Waals surface area contributed by atoms with Crippen molar-refractivity contribution in [3.63, 3.8) is 0 Å². The first-order chi connectivity index (χ1) is 6.06. The zero-order chi connectivity index (χ0) is 9.90. The molecule has 0 fully saturated rings. The molecule has 1 nitrogen and oxygen atoms in total. The van der Waals surface area contributed by atoms with Crippen LogP contribution in [-0.2, 0) is 5.41 Å². The van der Waals surface area contributed by atoms with Crippen LogP contribution in [0, 0.1) is 6.92 Å². The fraction of sp³-hybridized carbons (Fsp3) is 0.583. The van der Waals surface area contributed by atoms with Crippen molar-refractivity contribution in [1.82, 2.24) is 4.98 Å². The van der Waals surface area contributed by atoms with E-state index in [4.69, 9.17) is 0 Å². The van der Waals surface area contributed by atoms with Gasteiger partial charge in [0.15, 0.2) is 0 Å². The van der Waals surface area contributed by atoms with E-state index in [0.29, 0.717) is 0 Å². The molecule has 0 unspecified atom stereocenters. The Hall–Kier alpha value is -0.850. The minimum atomic E-state index is 0.273. The van der Waals surface area contributed by atoms with Gasteiger partial charge in [-0.05, 0) is 30.4 Å². The van der Waals surface area contributed by atoms with E-state index in [2.05, 4.69) is 37.9 Å². The van der Waals surface area contributed by atoms with Crippen LogP contribution in [0.15, 0.2) is 18.3 Å². The van der Waals surface area contributed by atoms with E-state index < -0.39 is 0 Å². The molecule has 0 atom stereocenters. The second kappa shape index (κ2) is 3.91. The molecule has 0 bridgehead atoms. The van der Waals surface area contributed by atoms with E-state index in [-0.39, 0.29) is 5.41 Å². The van der Waals surface area contributed by atoms with Gasteiger partial charge in [-0.1, -0.05) is 33.3 Å². The van der Waals surface area contributed by atoms with Crippen LogP contribution in [0.5, 0.6) is 0 Å². The number of hydrogen-bond acceptors (Lipinski definition) is 1. The molecule has 0 aliphatic heterocycles. The quantitative estimate of drug-likeness (QED) is 0.689. The van der Waals surface area contributed by atoms with Crippen molar-refractivity contribution in [3.05, 3.63) is 29.6 Å². The van der Waals surface area contributed by atoms with Crippen LogP contribution in [0.4, 0.5) is 0 Å². The molecule has 0 saturated carbocycles. The summed E-state index contributed by atoms with van der Waals surface area (Å²) in [6.45, 7) is 8.81. The van der Waals surface area contributed by atoms with Crippen LogP contribution in [0.3, 0.4) is 0 Å². The molecule has 1 rings (SSSR count). The van der Waals surface area contributed by atoms with Crippen LogP contribution in [0.1, 0.15) is 44.9 Å². The Labute approximate surface area is 81.2 Å². The van der Waals surface area contributed by atoms with Gasteiger partial charge in [-0.2, -0.15) is 0 Å². The molecule has 0 radical (unpaired) electrons. The maximum atomic E-state index is 4.33. The Morgan fingerprint density at radius 3 is 2.46 bits per heavy atom. The summed E-state index contributed by atoms with van der Waals surface area (Å²) in [6.07, 6.45) is 4.45. The Morgan fingerprint density at radius 1 is 1.31 bits per heavy atom. The average molecular weight is 177 g/mol. The summed E-state index contributed by atoms with van der Waals surface area (Å²) < 4.78 is 0. The normalized spacial score (nSPS) is 11.7. The van der Waals surface area contributed by atoms with Gasteiger partial charge < -0.3 is 0 Å². The summed E-state index contributed by atoms with van der Waals surface area (Å²) in [5.74, 6) is 0. The minimum Gasteiger partial charge on any atom is -0.261 e. The summed E-state index contributed by atoms with van der Waals surface area (Å²) in [4.78, 5) is 4.33. The van der Waals surface area contributed by atoms with Gasteiger partial charge in [-0.25, -0.2) is 0 Å². The van der Waals surface area contributed by atoms with Crippen LogP contribution < -0.4 is 0 Å². The highest BCUT2D eigenvalue weighted by molar-refractivity contribution is 5.21. The number of pyridine rings is 1. The molecule has 1 heteroatoms. The van der Waals surface area contributed by atoms with Crippen molar-refractivity contribution in [3.8, 4) is 0 Å². The lowest BCUT2D eigenvalue weighted by Gasteiger charge is -2.24. The van der Waals surface area contributed by atoms with Crippen molar-refractivity contribution >= 4 is 0 Å². The molecule has 13 heavy (non-hydrogen) atoms. The highest BCUT2D eigenvalue weighted by atomic mass is 14.7.